The van der Waals surface area contributed by atoms with Gasteiger partial charge >= 0.3 is 0 Å². The van der Waals surface area contributed by atoms with Gasteiger partial charge in [0.05, 0.1) is 17.9 Å². The zero-order valence-corrected chi connectivity index (χ0v) is 31.8. The summed E-state index contributed by atoms with van der Waals surface area (Å²) in [7, 11) is -4.44. The summed E-state index contributed by atoms with van der Waals surface area (Å²) in [5.41, 5.74) is 0. The fourth-order valence-corrected chi connectivity index (χ4v) is 6.59. The van der Waals surface area contributed by atoms with E-state index in [-0.39, 0.29) is 6.42 Å². The zero-order chi connectivity index (χ0) is 35.6. The summed E-state index contributed by atoms with van der Waals surface area (Å²) in [6.07, 6.45) is 40.5. The van der Waals surface area contributed by atoms with Crippen LogP contribution < -0.4 is 5.32 Å². The Morgan fingerprint density at radius 3 is 1.42 bits per heavy atom. The summed E-state index contributed by atoms with van der Waals surface area (Å²) < 4.78 is 32.5. The zero-order valence-electron chi connectivity index (χ0n) is 31.0. The van der Waals surface area contributed by atoms with Gasteiger partial charge in [0, 0.05) is 0 Å². The highest BCUT2D eigenvalue weighted by Crippen LogP contribution is 2.15. The summed E-state index contributed by atoms with van der Waals surface area (Å²) in [6, 6.07) is -1.24. The molecule has 1 amide bonds. The lowest BCUT2D eigenvalue weighted by Gasteiger charge is -2.22. The molecule has 0 heterocycles. The molecule has 8 heteroatoms. The van der Waals surface area contributed by atoms with Crippen molar-refractivity contribution in [2.45, 2.75) is 205 Å². The highest BCUT2D eigenvalue weighted by molar-refractivity contribution is 7.85. The summed E-state index contributed by atoms with van der Waals surface area (Å²) in [6.45, 7) is 4.47. The van der Waals surface area contributed by atoms with Crippen molar-refractivity contribution in [2.24, 2.45) is 0 Å². The molecule has 0 saturated carbocycles. The lowest BCUT2D eigenvalue weighted by molar-refractivity contribution is -0.130. The van der Waals surface area contributed by atoms with Crippen molar-refractivity contribution in [2.75, 3.05) is 5.75 Å². The third-order valence-corrected chi connectivity index (χ3v) is 9.73. The van der Waals surface area contributed by atoms with E-state index in [0.29, 0.717) is 6.42 Å². The predicted octanol–water partition coefficient (Wildman–Crippen LogP) is 10.3. The molecule has 7 nitrogen and oxygen atoms in total. The number of unbranched alkanes of at least 4 members (excludes halogenated alkanes) is 23. The van der Waals surface area contributed by atoms with E-state index in [9.17, 15) is 28.0 Å². The van der Waals surface area contributed by atoms with Gasteiger partial charge in [-0.15, -0.1) is 0 Å². The first-order valence-electron chi connectivity index (χ1n) is 19.8. The SMILES string of the molecule is CCCCC/C=C\C=C/CCCCCCCC(O)C(=O)NC(CS(=O)(=O)O)C(O)/C=C/CCCCCCCCCCCCCCCCC. The Morgan fingerprint density at radius 2 is 0.958 bits per heavy atom. The fraction of sp³-hybridized carbons (Fsp3) is 0.825. The number of nitrogens with one attached hydrogen (secondary N) is 1. The van der Waals surface area contributed by atoms with Gasteiger partial charge < -0.3 is 15.5 Å². The van der Waals surface area contributed by atoms with Crippen molar-refractivity contribution in [1.29, 1.82) is 0 Å². The first kappa shape index (κ1) is 46.5. The van der Waals surface area contributed by atoms with Crippen molar-refractivity contribution >= 4 is 16.0 Å². The van der Waals surface area contributed by atoms with Gasteiger partial charge in [-0.2, -0.15) is 8.42 Å². The molecule has 48 heavy (non-hydrogen) atoms. The van der Waals surface area contributed by atoms with Crippen molar-refractivity contribution in [3.05, 3.63) is 36.5 Å². The Hall–Kier alpha value is -1.48. The van der Waals surface area contributed by atoms with Gasteiger partial charge in [0.25, 0.3) is 10.1 Å². The molecule has 0 aliphatic carbocycles. The van der Waals surface area contributed by atoms with Crippen LogP contribution in [0.2, 0.25) is 0 Å². The first-order valence-corrected chi connectivity index (χ1v) is 21.4. The lowest BCUT2D eigenvalue weighted by Crippen LogP contribution is -2.50. The summed E-state index contributed by atoms with van der Waals surface area (Å²) in [4.78, 5) is 12.6. The van der Waals surface area contributed by atoms with E-state index < -0.39 is 40.0 Å². The van der Waals surface area contributed by atoms with E-state index in [1.165, 1.54) is 109 Å². The Morgan fingerprint density at radius 1 is 0.583 bits per heavy atom. The van der Waals surface area contributed by atoms with Crippen molar-refractivity contribution in [1.82, 2.24) is 5.32 Å². The molecule has 4 N–H and O–H groups in total. The number of amides is 1. The maximum Gasteiger partial charge on any atom is 0.267 e. The minimum absolute atomic E-state index is 0.262. The van der Waals surface area contributed by atoms with Gasteiger partial charge in [0.15, 0.2) is 0 Å². The highest BCUT2D eigenvalue weighted by Gasteiger charge is 2.27. The van der Waals surface area contributed by atoms with Gasteiger partial charge in [0.2, 0.25) is 5.91 Å². The second-order valence-corrected chi connectivity index (χ2v) is 15.2. The number of allylic oxidation sites excluding steroid dienone is 5. The molecule has 0 radical (unpaired) electrons. The maximum absolute atomic E-state index is 12.6. The molecular weight excluding hydrogens is 623 g/mol. The van der Waals surface area contributed by atoms with Crippen LogP contribution in [0.4, 0.5) is 0 Å². The van der Waals surface area contributed by atoms with Crippen LogP contribution in [0.1, 0.15) is 187 Å². The third kappa shape index (κ3) is 33.0. The molecular formula is C40H75NO6S. The maximum atomic E-state index is 12.6. The van der Waals surface area contributed by atoms with Crippen LogP contribution in [0.25, 0.3) is 0 Å². The van der Waals surface area contributed by atoms with Gasteiger partial charge in [-0.25, -0.2) is 0 Å². The molecule has 0 aromatic heterocycles. The van der Waals surface area contributed by atoms with Crippen molar-refractivity contribution in [3.63, 3.8) is 0 Å². The van der Waals surface area contributed by atoms with E-state index in [1.54, 1.807) is 6.08 Å². The minimum Gasteiger partial charge on any atom is -0.387 e. The molecule has 0 aromatic rings. The molecule has 0 bridgehead atoms. The van der Waals surface area contributed by atoms with E-state index in [0.717, 1.165) is 57.8 Å². The minimum atomic E-state index is -4.44. The number of carbonyl (C=O) groups is 1. The van der Waals surface area contributed by atoms with Gasteiger partial charge in [-0.3, -0.25) is 9.35 Å². The molecule has 3 unspecified atom stereocenters. The topological polar surface area (TPSA) is 124 Å². The molecule has 0 fully saturated rings. The molecule has 0 spiro atoms. The van der Waals surface area contributed by atoms with Gasteiger partial charge in [-0.1, -0.05) is 179 Å². The van der Waals surface area contributed by atoms with Crippen molar-refractivity contribution < 1.29 is 28.0 Å². The number of carbonyl (C=O) groups excluding carboxylic acids is 1. The number of aliphatic hydroxyl groups excluding tert-OH is 2. The van der Waals surface area contributed by atoms with Crippen LogP contribution in [-0.2, 0) is 14.9 Å². The lowest BCUT2D eigenvalue weighted by atomic mass is 10.0. The average molecular weight is 698 g/mol. The number of hydrogen-bond donors (Lipinski definition) is 4. The van der Waals surface area contributed by atoms with E-state index in [1.807, 2.05) is 0 Å². The number of hydrogen-bond acceptors (Lipinski definition) is 5. The van der Waals surface area contributed by atoms with Gasteiger partial charge in [-0.05, 0) is 44.9 Å². The molecule has 0 aromatic carbocycles. The summed E-state index contributed by atoms with van der Waals surface area (Å²) in [5.74, 6) is -1.55. The highest BCUT2D eigenvalue weighted by atomic mass is 32.2. The number of rotatable bonds is 35. The second-order valence-electron chi connectivity index (χ2n) is 13.7. The standard InChI is InChI=1S/C40H75NO6S/c1-3-5-7-9-11-13-15-17-19-20-21-23-24-26-28-30-32-34-38(42)37(36-48(45,46)47)41-40(44)39(43)35-33-31-29-27-25-22-18-16-14-12-10-8-6-4-2/h12,14,16,18,32,34,37-39,42-43H,3-11,13,15,17,19-31,33,35-36H2,1-2H3,(H,41,44)(H,45,46,47)/b14-12-,18-16-,34-32+. The molecule has 282 valence electrons. The molecule has 0 aliphatic rings. The summed E-state index contributed by atoms with van der Waals surface area (Å²) >= 11 is 0. The first-order chi connectivity index (χ1) is 23.2. The molecule has 0 saturated heterocycles. The van der Waals surface area contributed by atoms with Crippen LogP contribution in [0.15, 0.2) is 36.5 Å². The second kappa shape index (κ2) is 34.0. The summed E-state index contributed by atoms with van der Waals surface area (Å²) in [5, 5.41) is 23.3. The monoisotopic (exact) mass is 698 g/mol. The Labute approximate surface area is 296 Å². The van der Waals surface area contributed by atoms with Crippen LogP contribution in [0, 0.1) is 0 Å². The van der Waals surface area contributed by atoms with E-state index >= 15 is 0 Å². The van der Waals surface area contributed by atoms with Crippen LogP contribution in [0.3, 0.4) is 0 Å². The Bertz CT molecular complexity index is 917. The normalized spacial score (nSPS) is 14.4. The van der Waals surface area contributed by atoms with Crippen LogP contribution in [-0.4, -0.2) is 53.1 Å². The molecule has 0 aliphatic heterocycles. The van der Waals surface area contributed by atoms with Crippen LogP contribution in [0.5, 0.6) is 0 Å². The smallest absolute Gasteiger partial charge is 0.267 e. The molecule has 0 rings (SSSR count). The average Bonchev–Trinajstić information content (AvgIpc) is 3.05. The molecule has 3 atom stereocenters. The van der Waals surface area contributed by atoms with E-state index in [4.69, 9.17) is 0 Å². The largest absolute Gasteiger partial charge is 0.387 e. The quantitative estimate of drug-likeness (QED) is 0.0226. The Kier molecular flexibility index (Phi) is 32.9. The third-order valence-electron chi connectivity index (χ3n) is 8.95. The van der Waals surface area contributed by atoms with E-state index in [2.05, 4.69) is 43.5 Å². The van der Waals surface area contributed by atoms with Crippen molar-refractivity contribution in [3.8, 4) is 0 Å². The number of aliphatic hydroxyl groups is 2. The Balaban J connectivity index is 4.10. The predicted molar refractivity (Wildman–Crippen MR) is 204 cm³/mol. The van der Waals surface area contributed by atoms with Crippen LogP contribution >= 0.6 is 0 Å². The van der Waals surface area contributed by atoms with Gasteiger partial charge in [0.1, 0.15) is 6.10 Å². The fourth-order valence-electron chi connectivity index (χ4n) is 5.86.